The lowest BCUT2D eigenvalue weighted by Crippen LogP contribution is -2.51. The zero-order valence-corrected chi connectivity index (χ0v) is 13.9. The Hall–Kier alpha value is -1.69. The summed E-state index contributed by atoms with van der Waals surface area (Å²) < 4.78 is 0. The maximum atomic E-state index is 11.9. The molecule has 1 rings (SSSR count). The third-order valence-electron chi connectivity index (χ3n) is 2.59. The van der Waals surface area contributed by atoms with Crippen molar-refractivity contribution in [1.29, 1.82) is 0 Å². The Morgan fingerprint density at radius 2 is 1.81 bits per heavy atom. The number of hydrogen-bond acceptors (Lipinski definition) is 3. The van der Waals surface area contributed by atoms with Crippen molar-refractivity contribution in [1.82, 2.24) is 10.6 Å². The minimum Gasteiger partial charge on any atom is -0.350 e. The smallest absolute Gasteiger partial charge is 0.319 e. The molecule has 0 fully saturated rings. The van der Waals surface area contributed by atoms with Gasteiger partial charge in [0.1, 0.15) is 6.04 Å². The van der Waals surface area contributed by atoms with Gasteiger partial charge in [-0.15, -0.1) is 11.8 Å². The van der Waals surface area contributed by atoms with Crippen molar-refractivity contribution < 1.29 is 9.59 Å². The summed E-state index contributed by atoms with van der Waals surface area (Å²) in [7, 11) is 0. The molecule has 21 heavy (non-hydrogen) atoms. The molecule has 1 aromatic rings. The number of anilines is 1. The van der Waals surface area contributed by atoms with Crippen LogP contribution in [0.25, 0.3) is 0 Å². The van der Waals surface area contributed by atoms with Crippen LogP contribution in [-0.4, -0.2) is 29.8 Å². The van der Waals surface area contributed by atoms with Crippen molar-refractivity contribution in [2.75, 3.05) is 11.6 Å². The lowest BCUT2D eigenvalue weighted by molar-refractivity contribution is -0.123. The van der Waals surface area contributed by atoms with Gasteiger partial charge in [-0.3, -0.25) is 4.79 Å². The van der Waals surface area contributed by atoms with Gasteiger partial charge in [-0.1, -0.05) is 12.1 Å². The molecule has 0 aliphatic heterocycles. The zero-order valence-electron chi connectivity index (χ0n) is 13.1. The molecule has 3 N–H and O–H groups in total. The fourth-order valence-corrected chi connectivity index (χ4v) is 2.20. The van der Waals surface area contributed by atoms with Gasteiger partial charge in [0.05, 0.1) is 5.69 Å². The van der Waals surface area contributed by atoms with Crippen molar-refractivity contribution in [3.05, 3.63) is 24.3 Å². The highest BCUT2D eigenvalue weighted by Crippen LogP contribution is 2.24. The lowest BCUT2D eigenvalue weighted by atomic mass is 10.1. The molecule has 0 aliphatic rings. The molecule has 0 aliphatic carbocycles. The summed E-state index contributed by atoms with van der Waals surface area (Å²) in [6, 6.07) is 6.51. The number of para-hydroxylation sites is 1. The van der Waals surface area contributed by atoms with Crippen LogP contribution in [0.5, 0.6) is 0 Å². The van der Waals surface area contributed by atoms with Gasteiger partial charge < -0.3 is 16.0 Å². The lowest BCUT2D eigenvalue weighted by Gasteiger charge is -2.23. The van der Waals surface area contributed by atoms with Gasteiger partial charge in [0.2, 0.25) is 5.91 Å². The van der Waals surface area contributed by atoms with E-state index in [1.165, 1.54) is 0 Å². The summed E-state index contributed by atoms with van der Waals surface area (Å²) in [4.78, 5) is 24.8. The number of hydrogen-bond donors (Lipinski definition) is 3. The number of carbonyl (C=O) groups excluding carboxylic acids is 2. The van der Waals surface area contributed by atoms with Crippen LogP contribution in [0.4, 0.5) is 10.5 Å². The van der Waals surface area contributed by atoms with E-state index in [0.717, 1.165) is 10.6 Å². The van der Waals surface area contributed by atoms with Crippen LogP contribution in [0.3, 0.4) is 0 Å². The molecule has 0 aromatic heterocycles. The highest BCUT2D eigenvalue weighted by atomic mass is 32.2. The number of nitrogens with one attached hydrogen (secondary N) is 3. The maximum absolute atomic E-state index is 11.9. The standard InChI is InChI=1S/C15H23N3O2S/c1-10(13(19)18-15(2,3)4)16-14(20)17-11-8-6-7-9-12(11)21-5/h6-10H,1-5H3,(H,18,19)(H2,16,17,20)/t10-/m1/s1. The fourth-order valence-electron chi connectivity index (χ4n) is 1.65. The molecule has 3 amide bonds. The highest BCUT2D eigenvalue weighted by molar-refractivity contribution is 7.98. The summed E-state index contributed by atoms with van der Waals surface area (Å²) in [5, 5.41) is 8.21. The Balaban J connectivity index is 2.59. The van der Waals surface area contributed by atoms with E-state index in [4.69, 9.17) is 0 Å². The van der Waals surface area contributed by atoms with Crippen molar-refractivity contribution in [3.63, 3.8) is 0 Å². The molecule has 6 heteroatoms. The van der Waals surface area contributed by atoms with Crippen LogP contribution in [-0.2, 0) is 4.79 Å². The first-order chi connectivity index (χ1) is 9.73. The molecule has 0 saturated carbocycles. The molecule has 0 heterocycles. The number of amides is 3. The summed E-state index contributed by atoms with van der Waals surface area (Å²) in [5.41, 5.74) is 0.403. The minimum absolute atomic E-state index is 0.212. The average Bonchev–Trinajstić information content (AvgIpc) is 2.37. The van der Waals surface area contributed by atoms with Crippen molar-refractivity contribution in [3.8, 4) is 0 Å². The molecule has 0 unspecified atom stereocenters. The summed E-state index contributed by atoms with van der Waals surface area (Å²) in [5.74, 6) is -0.212. The molecular weight excluding hydrogens is 286 g/mol. The number of thioether (sulfide) groups is 1. The Labute approximate surface area is 130 Å². The second kappa shape index (κ2) is 7.36. The van der Waals surface area contributed by atoms with Crippen LogP contribution in [0.2, 0.25) is 0 Å². The molecule has 0 radical (unpaired) electrons. The largest absolute Gasteiger partial charge is 0.350 e. The number of rotatable bonds is 4. The Kier molecular flexibility index (Phi) is 6.08. The van der Waals surface area contributed by atoms with Crippen molar-refractivity contribution >= 4 is 29.4 Å². The first-order valence-electron chi connectivity index (χ1n) is 6.75. The first-order valence-corrected chi connectivity index (χ1v) is 7.98. The van der Waals surface area contributed by atoms with E-state index in [2.05, 4.69) is 16.0 Å². The van der Waals surface area contributed by atoms with Crippen molar-refractivity contribution in [2.24, 2.45) is 0 Å². The Morgan fingerprint density at radius 1 is 1.19 bits per heavy atom. The second-order valence-electron chi connectivity index (χ2n) is 5.76. The van der Waals surface area contributed by atoms with E-state index in [9.17, 15) is 9.59 Å². The third kappa shape index (κ3) is 6.08. The number of benzene rings is 1. The predicted octanol–water partition coefficient (Wildman–Crippen LogP) is 2.83. The minimum atomic E-state index is -0.606. The van der Waals surface area contributed by atoms with Crippen LogP contribution < -0.4 is 16.0 Å². The molecule has 0 saturated heterocycles. The monoisotopic (exact) mass is 309 g/mol. The van der Waals surface area contributed by atoms with Crippen LogP contribution in [0.1, 0.15) is 27.7 Å². The molecule has 0 spiro atoms. The van der Waals surface area contributed by atoms with E-state index in [0.29, 0.717) is 0 Å². The van der Waals surface area contributed by atoms with Gasteiger partial charge in [0.25, 0.3) is 0 Å². The van der Waals surface area contributed by atoms with Gasteiger partial charge in [-0.25, -0.2) is 4.79 Å². The van der Waals surface area contributed by atoms with Gasteiger partial charge in [-0.05, 0) is 46.1 Å². The van der Waals surface area contributed by atoms with E-state index < -0.39 is 12.1 Å². The summed E-state index contributed by atoms with van der Waals surface area (Å²) in [6.07, 6.45) is 1.94. The Morgan fingerprint density at radius 3 is 2.38 bits per heavy atom. The van der Waals surface area contributed by atoms with Gasteiger partial charge in [0, 0.05) is 10.4 Å². The van der Waals surface area contributed by atoms with E-state index >= 15 is 0 Å². The predicted molar refractivity (Wildman–Crippen MR) is 87.7 cm³/mol. The number of carbonyl (C=O) groups is 2. The molecule has 1 aromatic carbocycles. The van der Waals surface area contributed by atoms with Crippen LogP contribution in [0.15, 0.2) is 29.2 Å². The van der Waals surface area contributed by atoms with Crippen molar-refractivity contribution in [2.45, 2.75) is 44.2 Å². The van der Waals surface area contributed by atoms with Gasteiger partial charge in [0.15, 0.2) is 0 Å². The number of urea groups is 1. The average molecular weight is 309 g/mol. The van der Waals surface area contributed by atoms with Gasteiger partial charge in [-0.2, -0.15) is 0 Å². The summed E-state index contributed by atoms with van der Waals surface area (Å²) >= 11 is 1.55. The molecule has 5 nitrogen and oxygen atoms in total. The maximum Gasteiger partial charge on any atom is 0.319 e. The van der Waals surface area contributed by atoms with E-state index in [-0.39, 0.29) is 11.4 Å². The molecule has 1 atom stereocenters. The quantitative estimate of drug-likeness (QED) is 0.749. The first kappa shape index (κ1) is 17.4. The second-order valence-corrected chi connectivity index (χ2v) is 6.61. The van der Waals surface area contributed by atoms with Gasteiger partial charge >= 0.3 is 6.03 Å². The Bertz CT molecular complexity index is 512. The molecular formula is C15H23N3O2S. The van der Waals surface area contributed by atoms with Crippen LogP contribution in [0, 0.1) is 0 Å². The zero-order chi connectivity index (χ0) is 16.0. The normalized spacial score (nSPS) is 12.4. The van der Waals surface area contributed by atoms with Crippen LogP contribution >= 0.6 is 11.8 Å². The SMILES string of the molecule is CSc1ccccc1NC(=O)N[C@H](C)C(=O)NC(C)(C)C. The molecule has 116 valence electrons. The third-order valence-corrected chi connectivity index (χ3v) is 3.39. The fraction of sp³-hybridized carbons (Fsp3) is 0.467. The topological polar surface area (TPSA) is 70.2 Å². The summed E-state index contributed by atoms with van der Waals surface area (Å²) in [6.45, 7) is 7.34. The van der Waals surface area contributed by atoms with E-state index in [1.54, 1.807) is 18.7 Å². The molecule has 0 bridgehead atoms. The highest BCUT2D eigenvalue weighted by Gasteiger charge is 2.20. The van der Waals surface area contributed by atoms with E-state index in [1.807, 2.05) is 51.3 Å².